The van der Waals surface area contributed by atoms with Crippen molar-refractivity contribution in [3.8, 4) is 22.8 Å². The Kier molecular flexibility index (Phi) is 6.68. The molecule has 1 aromatic heterocycles. The number of aromatic nitrogens is 3. The number of ether oxygens (including phenoxy) is 2. The van der Waals surface area contributed by atoms with Gasteiger partial charge in [0.15, 0.2) is 11.0 Å². The molecule has 0 aliphatic carbocycles. The lowest BCUT2D eigenvalue weighted by Gasteiger charge is -2.19. The van der Waals surface area contributed by atoms with Crippen LogP contribution in [0.15, 0.2) is 89.1 Å². The van der Waals surface area contributed by atoms with Gasteiger partial charge in [0.05, 0.1) is 12.9 Å². The molecule has 0 N–H and O–H groups in total. The lowest BCUT2D eigenvalue weighted by molar-refractivity contribution is -0.135. The first-order valence-electron chi connectivity index (χ1n) is 11.1. The van der Waals surface area contributed by atoms with E-state index in [9.17, 15) is 9.18 Å². The molecule has 8 nitrogen and oxygen atoms in total. The molecule has 36 heavy (non-hydrogen) atoms. The zero-order valence-electron chi connectivity index (χ0n) is 19.5. The van der Waals surface area contributed by atoms with Gasteiger partial charge in [-0.25, -0.2) is 4.39 Å². The Balaban J connectivity index is 1.42. The van der Waals surface area contributed by atoms with Crippen molar-refractivity contribution >= 4 is 23.6 Å². The molecule has 0 unspecified atom stereocenters. The van der Waals surface area contributed by atoms with Crippen molar-refractivity contribution in [3.63, 3.8) is 0 Å². The highest BCUT2D eigenvalue weighted by Crippen LogP contribution is 2.32. The van der Waals surface area contributed by atoms with E-state index in [4.69, 9.17) is 9.47 Å². The maximum atomic E-state index is 13.8. The van der Waals surface area contributed by atoms with Crippen molar-refractivity contribution in [1.82, 2.24) is 19.8 Å². The molecule has 1 aliphatic rings. The van der Waals surface area contributed by atoms with Crippen LogP contribution in [0, 0.1) is 5.82 Å². The number of amides is 1. The summed E-state index contributed by atoms with van der Waals surface area (Å²) in [4.78, 5) is 12.2. The van der Waals surface area contributed by atoms with Gasteiger partial charge in [0.2, 0.25) is 18.0 Å². The summed E-state index contributed by atoms with van der Waals surface area (Å²) in [5, 5.41) is 15.0. The molecule has 4 aromatic rings. The van der Waals surface area contributed by atoms with Crippen molar-refractivity contribution in [1.29, 1.82) is 0 Å². The molecule has 182 valence electrons. The van der Waals surface area contributed by atoms with Gasteiger partial charge in [-0.1, -0.05) is 42.1 Å². The monoisotopic (exact) mass is 503 g/mol. The predicted octanol–water partition coefficient (Wildman–Crippen LogP) is 5.07. The van der Waals surface area contributed by atoms with Crippen LogP contribution in [0.5, 0.6) is 5.75 Å². The Morgan fingerprint density at radius 3 is 2.53 bits per heavy atom. The Hall–Kier alpha value is -4.18. The first-order valence-corrected chi connectivity index (χ1v) is 12.1. The van der Waals surface area contributed by atoms with Crippen LogP contribution in [0.2, 0.25) is 0 Å². The molecule has 1 atom stereocenters. The van der Waals surface area contributed by atoms with E-state index < -0.39 is 12.0 Å². The topological polar surface area (TPSA) is 81.8 Å². The van der Waals surface area contributed by atoms with E-state index in [-0.39, 0.29) is 5.91 Å². The molecule has 3 aromatic carbocycles. The SMILES string of the molecule is COc1ccc(-c2nnc(SCC3=NN(C(C)=O)[C@@H](c4cccc(F)c4)O3)n2-c2ccccc2)cc1. The van der Waals surface area contributed by atoms with E-state index in [1.807, 2.05) is 59.2 Å². The minimum absolute atomic E-state index is 0.295. The lowest BCUT2D eigenvalue weighted by Crippen LogP contribution is -2.25. The van der Waals surface area contributed by atoms with Crippen LogP contribution in [0.4, 0.5) is 4.39 Å². The van der Waals surface area contributed by atoms with E-state index >= 15 is 0 Å². The highest BCUT2D eigenvalue weighted by Gasteiger charge is 2.33. The minimum atomic E-state index is -0.823. The molecule has 0 bridgehead atoms. The van der Waals surface area contributed by atoms with E-state index in [1.54, 1.807) is 19.2 Å². The number of rotatable bonds is 7. The van der Waals surface area contributed by atoms with E-state index in [0.29, 0.717) is 28.2 Å². The molecule has 0 spiro atoms. The standard InChI is InChI=1S/C26H22FN5O3S/c1-17(33)32-25(19-7-6-8-20(27)15-19)35-23(30-32)16-36-26-29-28-24(18-11-13-22(34-2)14-12-18)31(26)21-9-4-3-5-10-21/h3-15,25H,16H2,1-2H3/t25-/m1/s1. The van der Waals surface area contributed by atoms with Crippen LogP contribution in [0.3, 0.4) is 0 Å². The maximum absolute atomic E-state index is 13.8. The predicted molar refractivity (Wildman–Crippen MR) is 134 cm³/mol. The number of hydrazone groups is 1. The molecule has 1 aliphatic heterocycles. The first kappa shape index (κ1) is 23.6. The van der Waals surface area contributed by atoms with Crippen LogP contribution < -0.4 is 4.74 Å². The molecule has 1 amide bonds. The highest BCUT2D eigenvalue weighted by atomic mass is 32.2. The van der Waals surface area contributed by atoms with Crippen molar-refractivity contribution in [2.24, 2.45) is 5.10 Å². The van der Waals surface area contributed by atoms with Crippen molar-refractivity contribution < 1.29 is 18.7 Å². The summed E-state index contributed by atoms with van der Waals surface area (Å²) in [5.74, 6) is 1.33. The molecule has 5 rings (SSSR count). The van der Waals surface area contributed by atoms with Crippen LogP contribution in [0.25, 0.3) is 17.1 Å². The number of hydrogen-bond donors (Lipinski definition) is 0. The zero-order valence-corrected chi connectivity index (χ0v) is 20.4. The van der Waals surface area contributed by atoms with Crippen LogP contribution in [-0.2, 0) is 9.53 Å². The fraction of sp³-hybridized carbons (Fsp3) is 0.154. The summed E-state index contributed by atoms with van der Waals surface area (Å²) in [7, 11) is 1.62. The van der Waals surface area contributed by atoms with Gasteiger partial charge in [0.1, 0.15) is 11.6 Å². The van der Waals surface area contributed by atoms with Crippen molar-refractivity contribution in [2.75, 3.05) is 12.9 Å². The Labute approximate surface area is 211 Å². The normalized spacial score (nSPS) is 14.9. The first-order chi connectivity index (χ1) is 17.5. The summed E-state index contributed by atoms with van der Waals surface area (Å²) in [5.41, 5.74) is 2.28. The number of nitrogens with zero attached hydrogens (tertiary/aromatic N) is 5. The van der Waals surface area contributed by atoms with Gasteiger partial charge in [-0.2, -0.15) is 5.01 Å². The second-order valence-electron chi connectivity index (χ2n) is 7.88. The van der Waals surface area contributed by atoms with Crippen molar-refractivity contribution in [3.05, 3.63) is 90.2 Å². The van der Waals surface area contributed by atoms with Gasteiger partial charge in [0.25, 0.3) is 0 Å². The molecule has 0 saturated heterocycles. The van der Waals surface area contributed by atoms with Gasteiger partial charge >= 0.3 is 0 Å². The Bertz CT molecular complexity index is 1410. The fourth-order valence-corrected chi connectivity index (χ4v) is 4.57. The smallest absolute Gasteiger partial charge is 0.243 e. The number of methoxy groups -OCH3 is 1. The molecule has 0 saturated carbocycles. The van der Waals surface area contributed by atoms with Crippen LogP contribution in [0.1, 0.15) is 18.7 Å². The number of benzene rings is 3. The summed E-state index contributed by atoms with van der Waals surface area (Å²) in [6.45, 7) is 1.39. The average molecular weight is 504 g/mol. The van der Waals surface area contributed by atoms with E-state index in [2.05, 4.69) is 15.3 Å². The number of halogens is 1. The van der Waals surface area contributed by atoms with Gasteiger partial charge < -0.3 is 9.47 Å². The van der Waals surface area contributed by atoms with Gasteiger partial charge in [-0.05, 0) is 48.5 Å². The summed E-state index contributed by atoms with van der Waals surface area (Å²) in [6, 6.07) is 23.3. The molecule has 0 radical (unpaired) electrons. The number of carbonyl (C=O) groups excluding carboxylic acids is 1. The van der Waals surface area contributed by atoms with Gasteiger partial charge in [-0.3, -0.25) is 9.36 Å². The molecular weight excluding hydrogens is 481 g/mol. The largest absolute Gasteiger partial charge is 0.497 e. The lowest BCUT2D eigenvalue weighted by atomic mass is 10.2. The van der Waals surface area contributed by atoms with Crippen LogP contribution >= 0.6 is 11.8 Å². The second kappa shape index (κ2) is 10.2. The summed E-state index contributed by atoms with van der Waals surface area (Å²) >= 11 is 1.37. The number of carbonyl (C=O) groups is 1. The quantitative estimate of drug-likeness (QED) is 0.328. The third-order valence-corrected chi connectivity index (χ3v) is 6.38. The number of thioether (sulfide) groups is 1. The maximum Gasteiger partial charge on any atom is 0.243 e. The molecular formula is C26H22FN5O3S. The second-order valence-corrected chi connectivity index (χ2v) is 8.82. The van der Waals surface area contributed by atoms with Gasteiger partial charge in [-0.15, -0.1) is 15.3 Å². The summed E-state index contributed by atoms with van der Waals surface area (Å²) in [6.07, 6.45) is -0.823. The summed E-state index contributed by atoms with van der Waals surface area (Å²) < 4.78 is 27.0. The molecule has 10 heteroatoms. The van der Waals surface area contributed by atoms with Gasteiger partial charge in [0, 0.05) is 23.7 Å². The van der Waals surface area contributed by atoms with E-state index in [0.717, 1.165) is 17.0 Å². The molecule has 2 heterocycles. The van der Waals surface area contributed by atoms with Crippen LogP contribution in [-0.4, -0.2) is 44.4 Å². The highest BCUT2D eigenvalue weighted by molar-refractivity contribution is 7.99. The fourth-order valence-electron chi connectivity index (χ4n) is 3.77. The third kappa shape index (κ3) is 4.80. The van der Waals surface area contributed by atoms with Crippen molar-refractivity contribution in [2.45, 2.75) is 18.3 Å². The zero-order chi connectivity index (χ0) is 25.1. The number of para-hydroxylation sites is 1. The van der Waals surface area contributed by atoms with E-state index in [1.165, 1.54) is 35.8 Å². The third-order valence-electron chi connectivity index (χ3n) is 5.47. The number of hydrogen-bond acceptors (Lipinski definition) is 7. The Morgan fingerprint density at radius 1 is 1.06 bits per heavy atom. The molecule has 0 fully saturated rings. The minimum Gasteiger partial charge on any atom is -0.497 e. The average Bonchev–Trinajstić information content (AvgIpc) is 3.53. The Morgan fingerprint density at radius 2 is 1.83 bits per heavy atom.